The molecule has 0 fully saturated rings. The van der Waals surface area contributed by atoms with E-state index in [0.717, 1.165) is 10.7 Å². The molecular formula is C14H9Br3S. The van der Waals surface area contributed by atoms with Crippen LogP contribution in [0.15, 0.2) is 34.8 Å². The number of halogens is 3. The first kappa shape index (κ1) is 13.1. The Hall–Kier alpha value is 0.1000. The number of thiophene rings is 1. The summed E-state index contributed by atoms with van der Waals surface area (Å²) in [5.41, 5.74) is 2.72. The molecule has 1 aromatic heterocycles. The minimum Gasteiger partial charge on any atom is -0.135 e. The van der Waals surface area contributed by atoms with Crippen LogP contribution in [0, 0.1) is 0 Å². The summed E-state index contributed by atoms with van der Waals surface area (Å²) >= 11 is 12.7. The first-order valence-electron chi connectivity index (χ1n) is 5.49. The third-order valence-corrected chi connectivity index (χ3v) is 6.27. The van der Waals surface area contributed by atoms with E-state index in [9.17, 15) is 0 Å². The van der Waals surface area contributed by atoms with Crippen molar-refractivity contribution in [2.24, 2.45) is 0 Å². The first-order chi connectivity index (χ1) is 8.76. The van der Waals surface area contributed by atoms with E-state index in [1.54, 1.807) is 0 Å². The van der Waals surface area contributed by atoms with Crippen molar-refractivity contribution in [1.29, 1.82) is 0 Å². The van der Waals surface area contributed by atoms with Gasteiger partial charge in [0.15, 0.2) is 0 Å². The topological polar surface area (TPSA) is 0 Å². The Balaban J connectivity index is 2.53. The van der Waals surface area contributed by atoms with Crippen LogP contribution in [0.3, 0.4) is 0 Å². The molecule has 0 saturated heterocycles. The van der Waals surface area contributed by atoms with E-state index in [2.05, 4.69) is 78.1 Å². The van der Waals surface area contributed by atoms with Gasteiger partial charge >= 0.3 is 0 Å². The molecule has 0 spiro atoms. The molecule has 0 saturated carbocycles. The van der Waals surface area contributed by atoms with E-state index in [1.165, 1.54) is 35.8 Å². The van der Waals surface area contributed by atoms with Crippen LogP contribution in [0.4, 0.5) is 0 Å². The summed E-state index contributed by atoms with van der Waals surface area (Å²) in [6.07, 6.45) is 0. The number of benzene rings is 2. The molecule has 92 valence electrons. The third kappa shape index (κ3) is 1.98. The summed E-state index contributed by atoms with van der Waals surface area (Å²) in [5.74, 6) is 0. The molecule has 4 heteroatoms. The Kier molecular flexibility index (Phi) is 3.81. The Labute approximate surface area is 135 Å². The van der Waals surface area contributed by atoms with Crippen molar-refractivity contribution in [3.8, 4) is 0 Å². The van der Waals surface area contributed by atoms with E-state index in [-0.39, 0.29) is 0 Å². The van der Waals surface area contributed by atoms with Gasteiger partial charge in [-0.15, -0.1) is 11.3 Å². The molecule has 0 aliphatic rings. The Morgan fingerprint density at radius 1 is 0.889 bits per heavy atom. The number of fused-ring (bicyclic) bond motifs is 3. The van der Waals surface area contributed by atoms with Gasteiger partial charge in [-0.3, -0.25) is 0 Å². The molecule has 0 bridgehead atoms. The fourth-order valence-electron chi connectivity index (χ4n) is 2.18. The average molecular weight is 449 g/mol. The molecule has 0 unspecified atom stereocenters. The molecule has 1 heterocycles. The Bertz CT molecular complexity index is 731. The average Bonchev–Trinajstić information content (AvgIpc) is 2.79. The maximum atomic E-state index is 3.69. The first-order valence-corrected chi connectivity index (χ1v) is 9.35. The lowest BCUT2D eigenvalue weighted by Crippen LogP contribution is -1.78. The highest BCUT2D eigenvalue weighted by atomic mass is 79.9. The molecule has 0 amide bonds. The van der Waals surface area contributed by atoms with Gasteiger partial charge in [0.25, 0.3) is 0 Å². The molecule has 0 N–H and O–H groups in total. The SMILES string of the molecule is BrCc1cccc2c1sc1c(CBr)ccc(Br)c12. The third-order valence-electron chi connectivity index (χ3n) is 3.05. The molecule has 0 aliphatic carbocycles. The highest BCUT2D eigenvalue weighted by Gasteiger charge is 2.13. The van der Waals surface area contributed by atoms with Gasteiger partial charge in [0.2, 0.25) is 0 Å². The smallest absolute Gasteiger partial charge is 0.0407 e. The molecule has 18 heavy (non-hydrogen) atoms. The monoisotopic (exact) mass is 446 g/mol. The molecule has 0 radical (unpaired) electrons. The van der Waals surface area contributed by atoms with Crippen molar-refractivity contribution in [3.05, 3.63) is 45.9 Å². The Morgan fingerprint density at radius 2 is 1.61 bits per heavy atom. The summed E-state index contributed by atoms with van der Waals surface area (Å²) in [6, 6.07) is 10.9. The van der Waals surface area contributed by atoms with Crippen molar-refractivity contribution in [2.45, 2.75) is 10.7 Å². The second-order valence-electron chi connectivity index (χ2n) is 4.07. The molecule has 3 rings (SSSR count). The quantitative estimate of drug-likeness (QED) is 0.387. The molecule has 3 aromatic rings. The van der Waals surface area contributed by atoms with Gasteiger partial charge in [0.05, 0.1) is 0 Å². The van der Waals surface area contributed by atoms with Crippen molar-refractivity contribution in [3.63, 3.8) is 0 Å². The van der Waals surface area contributed by atoms with Crippen molar-refractivity contribution >= 4 is 79.3 Å². The Morgan fingerprint density at radius 3 is 2.33 bits per heavy atom. The van der Waals surface area contributed by atoms with Crippen molar-refractivity contribution < 1.29 is 0 Å². The van der Waals surface area contributed by atoms with Gasteiger partial charge in [0.1, 0.15) is 0 Å². The lowest BCUT2D eigenvalue weighted by Gasteiger charge is -2.00. The van der Waals surface area contributed by atoms with E-state index in [1.807, 2.05) is 11.3 Å². The number of alkyl halides is 2. The number of rotatable bonds is 2. The number of hydrogen-bond donors (Lipinski definition) is 0. The molecule has 0 nitrogen and oxygen atoms in total. The van der Waals surface area contributed by atoms with Gasteiger partial charge in [-0.2, -0.15) is 0 Å². The van der Waals surface area contributed by atoms with Gasteiger partial charge in [-0.25, -0.2) is 0 Å². The lowest BCUT2D eigenvalue weighted by molar-refractivity contribution is 1.50. The summed E-state index contributed by atoms with van der Waals surface area (Å²) in [6.45, 7) is 0. The zero-order valence-corrected chi connectivity index (χ0v) is 14.9. The molecule has 0 aliphatic heterocycles. The molecule has 2 aromatic carbocycles. The van der Waals surface area contributed by atoms with Crippen LogP contribution >= 0.6 is 59.1 Å². The van der Waals surface area contributed by atoms with Crippen LogP contribution in [0.25, 0.3) is 20.2 Å². The predicted molar refractivity (Wildman–Crippen MR) is 92.3 cm³/mol. The van der Waals surface area contributed by atoms with Gasteiger partial charge in [0, 0.05) is 35.3 Å². The maximum Gasteiger partial charge on any atom is 0.0407 e. The van der Waals surface area contributed by atoms with Crippen LogP contribution in [-0.4, -0.2) is 0 Å². The van der Waals surface area contributed by atoms with E-state index < -0.39 is 0 Å². The lowest BCUT2D eigenvalue weighted by atomic mass is 10.1. The predicted octanol–water partition coefficient (Wildman–Crippen LogP) is 6.61. The molecule has 0 atom stereocenters. The summed E-state index contributed by atoms with van der Waals surface area (Å²) in [4.78, 5) is 0. The van der Waals surface area contributed by atoms with Gasteiger partial charge in [-0.1, -0.05) is 72.1 Å². The second-order valence-corrected chi connectivity index (χ2v) is 7.07. The van der Waals surface area contributed by atoms with Crippen LogP contribution < -0.4 is 0 Å². The highest BCUT2D eigenvalue weighted by molar-refractivity contribution is 9.10. The van der Waals surface area contributed by atoms with Crippen LogP contribution in [-0.2, 0) is 10.7 Å². The second kappa shape index (κ2) is 5.23. The van der Waals surface area contributed by atoms with E-state index in [0.29, 0.717) is 0 Å². The minimum absolute atomic E-state index is 0.896. The standard InChI is InChI=1S/C14H9Br3S/c15-6-8-2-1-3-10-12-11(17)5-4-9(7-16)14(12)18-13(8)10/h1-5H,6-7H2. The van der Waals surface area contributed by atoms with Crippen LogP contribution in [0.5, 0.6) is 0 Å². The largest absolute Gasteiger partial charge is 0.135 e. The summed E-state index contributed by atoms with van der Waals surface area (Å²) in [7, 11) is 0. The van der Waals surface area contributed by atoms with Gasteiger partial charge in [-0.05, 0) is 17.2 Å². The van der Waals surface area contributed by atoms with Gasteiger partial charge < -0.3 is 0 Å². The zero-order valence-electron chi connectivity index (χ0n) is 9.34. The van der Waals surface area contributed by atoms with Crippen LogP contribution in [0.1, 0.15) is 11.1 Å². The van der Waals surface area contributed by atoms with Crippen molar-refractivity contribution in [2.75, 3.05) is 0 Å². The zero-order chi connectivity index (χ0) is 12.7. The highest BCUT2D eigenvalue weighted by Crippen LogP contribution is 2.42. The van der Waals surface area contributed by atoms with E-state index in [4.69, 9.17) is 0 Å². The summed E-state index contributed by atoms with van der Waals surface area (Å²) in [5, 5.41) is 4.49. The van der Waals surface area contributed by atoms with Crippen LogP contribution in [0.2, 0.25) is 0 Å². The fourth-order valence-corrected chi connectivity index (χ4v) is 5.51. The van der Waals surface area contributed by atoms with Crippen molar-refractivity contribution in [1.82, 2.24) is 0 Å². The number of hydrogen-bond acceptors (Lipinski definition) is 1. The maximum absolute atomic E-state index is 3.69. The normalized spacial score (nSPS) is 11.5. The molecular weight excluding hydrogens is 440 g/mol. The summed E-state index contributed by atoms with van der Waals surface area (Å²) < 4.78 is 3.95. The fraction of sp³-hybridized carbons (Fsp3) is 0.143. The minimum atomic E-state index is 0.896. The van der Waals surface area contributed by atoms with E-state index >= 15 is 0 Å².